The third kappa shape index (κ3) is 2.04. The summed E-state index contributed by atoms with van der Waals surface area (Å²) in [4.78, 5) is 0.974. The van der Waals surface area contributed by atoms with E-state index in [0.717, 1.165) is 4.88 Å². The van der Waals surface area contributed by atoms with Crippen molar-refractivity contribution < 1.29 is 8.42 Å². The van der Waals surface area contributed by atoms with E-state index in [1.165, 1.54) is 17.4 Å². The van der Waals surface area contributed by atoms with Crippen LogP contribution in [0, 0.1) is 0 Å². The van der Waals surface area contributed by atoms with Crippen LogP contribution in [-0.2, 0) is 16.6 Å². The molecular weight excluding hydrogens is 196 g/mol. The summed E-state index contributed by atoms with van der Waals surface area (Å²) in [5.41, 5.74) is 0. The van der Waals surface area contributed by atoms with Crippen LogP contribution in [0.3, 0.4) is 0 Å². The van der Waals surface area contributed by atoms with E-state index in [-0.39, 0.29) is 4.90 Å². The lowest BCUT2D eigenvalue weighted by Crippen LogP contribution is -2.15. The van der Waals surface area contributed by atoms with Crippen LogP contribution in [0.15, 0.2) is 16.3 Å². The van der Waals surface area contributed by atoms with E-state index in [4.69, 9.17) is 5.14 Å². The molecule has 0 fully saturated rings. The average Bonchev–Trinajstić information content (AvgIpc) is 2.34. The molecule has 1 heterocycles. The van der Waals surface area contributed by atoms with Crippen LogP contribution in [0.25, 0.3) is 0 Å². The van der Waals surface area contributed by atoms with Crippen LogP contribution in [0.2, 0.25) is 0 Å². The molecule has 0 bridgehead atoms. The number of thiophene rings is 1. The summed E-state index contributed by atoms with van der Waals surface area (Å²) in [5, 5.41) is 9.57. The van der Waals surface area contributed by atoms with Gasteiger partial charge in [0.25, 0.3) is 0 Å². The fourth-order valence-electron chi connectivity index (χ4n) is 0.872. The zero-order valence-electron chi connectivity index (χ0n) is 6.57. The molecular formula is C6H10N2O2S2. The largest absolute Gasteiger partial charge is 0.315 e. The van der Waals surface area contributed by atoms with E-state index in [1.807, 2.05) is 0 Å². The topological polar surface area (TPSA) is 72.2 Å². The fraction of sp³-hybridized carbons (Fsp3) is 0.333. The highest BCUT2D eigenvalue weighted by molar-refractivity contribution is 7.89. The lowest BCUT2D eigenvalue weighted by Gasteiger charge is -1.99. The highest BCUT2D eigenvalue weighted by Crippen LogP contribution is 2.19. The summed E-state index contributed by atoms with van der Waals surface area (Å²) < 4.78 is 21.9. The minimum absolute atomic E-state index is 0.224. The molecule has 1 aromatic rings. The molecule has 68 valence electrons. The van der Waals surface area contributed by atoms with Gasteiger partial charge >= 0.3 is 0 Å². The number of primary sulfonamides is 1. The summed E-state index contributed by atoms with van der Waals surface area (Å²) in [6, 6.07) is 1.52. The molecule has 0 aliphatic carbocycles. The van der Waals surface area contributed by atoms with Crippen molar-refractivity contribution in [1.29, 1.82) is 0 Å². The molecule has 1 rings (SSSR count). The second-order valence-electron chi connectivity index (χ2n) is 2.28. The number of nitrogens with two attached hydrogens (primary N) is 1. The second kappa shape index (κ2) is 3.53. The maximum absolute atomic E-state index is 10.9. The van der Waals surface area contributed by atoms with Gasteiger partial charge in [-0.15, -0.1) is 11.3 Å². The molecule has 6 heteroatoms. The molecule has 0 radical (unpaired) electrons. The predicted octanol–water partition coefficient (Wildman–Crippen LogP) is 0.115. The van der Waals surface area contributed by atoms with Crippen LogP contribution >= 0.6 is 11.3 Å². The van der Waals surface area contributed by atoms with Crippen molar-refractivity contribution in [3.63, 3.8) is 0 Å². The molecule has 0 amide bonds. The zero-order valence-corrected chi connectivity index (χ0v) is 8.21. The van der Waals surface area contributed by atoms with Crippen molar-refractivity contribution in [1.82, 2.24) is 5.32 Å². The fourth-order valence-corrected chi connectivity index (χ4v) is 2.88. The highest BCUT2D eigenvalue weighted by Gasteiger charge is 2.13. The maximum atomic E-state index is 10.9. The monoisotopic (exact) mass is 206 g/mol. The Morgan fingerprint density at radius 1 is 1.67 bits per heavy atom. The summed E-state index contributed by atoms with van der Waals surface area (Å²) in [7, 11) is -1.79. The van der Waals surface area contributed by atoms with Gasteiger partial charge in [-0.2, -0.15) is 0 Å². The third-order valence-electron chi connectivity index (χ3n) is 1.35. The standard InChI is InChI=1S/C6H10N2O2S2/c1-8-4-5-6(2-3-11-5)12(7,9)10/h2-3,8H,4H2,1H3,(H2,7,9,10). The van der Waals surface area contributed by atoms with Crippen LogP contribution in [-0.4, -0.2) is 15.5 Å². The van der Waals surface area contributed by atoms with E-state index >= 15 is 0 Å². The van der Waals surface area contributed by atoms with Crippen molar-refractivity contribution in [2.24, 2.45) is 5.14 Å². The first kappa shape index (κ1) is 9.66. The smallest absolute Gasteiger partial charge is 0.239 e. The Labute approximate surface area is 75.5 Å². The van der Waals surface area contributed by atoms with Gasteiger partial charge < -0.3 is 5.32 Å². The van der Waals surface area contributed by atoms with Gasteiger partial charge in [0.15, 0.2) is 0 Å². The molecule has 0 atom stereocenters. The van der Waals surface area contributed by atoms with E-state index in [1.54, 1.807) is 12.4 Å². The van der Waals surface area contributed by atoms with Gasteiger partial charge in [0, 0.05) is 11.4 Å². The Morgan fingerprint density at radius 2 is 2.33 bits per heavy atom. The van der Waals surface area contributed by atoms with Crippen molar-refractivity contribution in [2.45, 2.75) is 11.4 Å². The number of sulfonamides is 1. The first-order valence-electron chi connectivity index (χ1n) is 3.29. The Bertz CT molecular complexity index is 355. The number of hydrogen-bond donors (Lipinski definition) is 2. The summed E-state index contributed by atoms with van der Waals surface area (Å²) in [6.45, 7) is 0.531. The third-order valence-corrected chi connectivity index (χ3v) is 3.39. The van der Waals surface area contributed by atoms with Crippen molar-refractivity contribution in [3.8, 4) is 0 Å². The van der Waals surface area contributed by atoms with Crippen molar-refractivity contribution in [2.75, 3.05) is 7.05 Å². The lowest BCUT2D eigenvalue weighted by atomic mass is 10.5. The van der Waals surface area contributed by atoms with Gasteiger partial charge in [0.05, 0.1) is 4.90 Å². The number of rotatable bonds is 3. The van der Waals surface area contributed by atoms with Gasteiger partial charge in [-0.1, -0.05) is 0 Å². The van der Waals surface area contributed by atoms with Crippen LogP contribution in [0.5, 0.6) is 0 Å². The Hall–Kier alpha value is -0.430. The molecule has 12 heavy (non-hydrogen) atoms. The van der Waals surface area contributed by atoms with Gasteiger partial charge in [-0.05, 0) is 18.5 Å². The molecule has 0 saturated carbocycles. The van der Waals surface area contributed by atoms with Gasteiger partial charge in [0.2, 0.25) is 10.0 Å². The normalized spacial score (nSPS) is 11.8. The minimum atomic E-state index is -3.54. The van der Waals surface area contributed by atoms with Gasteiger partial charge in [-0.3, -0.25) is 0 Å². The highest BCUT2D eigenvalue weighted by atomic mass is 32.2. The second-order valence-corrected chi connectivity index (χ2v) is 4.81. The number of nitrogens with one attached hydrogen (secondary N) is 1. The lowest BCUT2D eigenvalue weighted by molar-refractivity contribution is 0.596. The molecule has 0 spiro atoms. The summed E-state index contributed by atoms with van der Waals surface area (Å²) in [6.07, 6.45) is 0. The zero-order chi connectivity index (χ0) is 9.19. The molecule has 0 aliphatic heterocycles. The maximum Gasteiger partial charge on any atom is 0.239 e. The molecule has 4 nitrogen and oxygen atoms in total. The first-order chi connectivity index (χ1) is 5.55. The van der Waals surface area contributed by atoms with E-state index in [0.29, 0.717) is 6.54 Å². The molecule has 0 unspecified atom stereocenters. The van der Waals surface area contributed by atoms with Crippen LogP contribution < -0.4 is 10.5 Å². The Balaban J connectivity index is 3.08. The SMILES string of the molecule is CNCc1sccc1S(N)(=O)=O. The number of hydrogen-bond acceptors (Lipinski definition) is 4. The summed E-state index contributed by atoms with van der Waals surface area (Å²) in [5.74, 6) is 0. The molecule has 3 N–H and O–H groups in total. The minimum Gasteiger partial charge on any atom is -0.315 e. The van der Waals surface area contributed by atoms with Crippen LogP contribution in [0.1, 0.15) is 4.88 Å². The molecule has 0 aromatic carbocycles. The van der Waals surface area contributed by atoms with E-state index in [9.17, 15) is 8.42 Å². The molecule has 0 aliphatic rings. The van der Waals surface area contributed by atoms with Crippen molar-refractivity contribution >= 4 is 21.4 Å². The summed E-state index contributed by atoms with van der Waals surface area (Å²) >= 11 is 1.38. The first-order valence-corrected chi connectivity index (χ1v) is 5.72. The van der Waals surface area contributed by atoms with Gasteiger partial charge in [-0.25, -0.2) is 13.6 Å². The quantitative estimate of drug-likeness (QED) is 0.737. The van der Waals surface area contributed by atoms with Crippen molar-refractivity contribution in [3.05, 3.63) is 16.3 Å². The Morgan fingerprint density at radius 3 is 2.83 bits per heavy atom. The molecule has 0 saturated heterocycles. The predicted molar refractivity (Wildman–Crippen MR) is 48.5 cm³/mol. The van der Waals surface area contributed by atoms with Gasteiger partial charge in [0.1, 0.15) is 0 Å². The average molecular weight is 206 g/mol. The van der Waals surface area contributed by atoms with E-state index in [2.05, 4.69) is 5.32 Å². The van der Waals surface area contributed by atoms with E-state index < -0.39 is 10.0 Å². The molecule has 1 aromatic heterocycles. The van der Waals surface area contributed by atoms with Crippen LogP contribution in [0.4, 0.5) is 0 Å². The Kier molecular flexibility index (Phi) is 2.84.